The van der Waals surface area contributed by atoms with E-state index in [0.29, 0.717) is 5.56 Å². The fourth-order valence-corrected chi connectivity index (χ4v) is 2.75. The molecule has 1 saturated carbocycles. The van der Waals surface area contributed by atoms with E-state index >= 15 is 0 Å². The van der Waals surface area contributed by atoms with Crippen LogP contribution < -0.4 is 5.32 Å². The summed E-state index contributed by atoms with van der Waals surface area (Å²) in [7, 11) is 0. The normalized spacial score (nSPS) is 17.2. The number of nitriles is 1. The zero-order chi connectivity index (χ0) is 13.2. The van der Waals surface area contributed by atoms with E-state index in [1.165, 1.54) is 0 Å². The molecule has 1 N–H and O–H groups in total. The molecule has 94 valence electrons. The van der Waals surface area contributed by atoms with Gasteiger partial charge in [0.2, 0.25) is 0 Å². The van der Waals surface area contributed by atoms with Gasteiger partial charge in [0.15, 0.2) is 0 Å². The van der Waals surface area contributed by atoms with Gasteiger partial charge < -0.3 is 5.32 Å². The van der Waals surface area contributed by atoms with Crippen LogP contribution >= 0.6 is 15.9 Å². The molecule has 2 rings (SSSR count). The first-order valence-corrected chi connectivity index (χ1v) is 6.86. The Balaban J connectivity index is 2.22. The first kappa shape index (κ1) is 13.1. The largest absolute Gasteiger partial charge is 0.334 e. The molecule has 3 nitrogen and oxygen atoms in total. The van der Waals surface area contributed by atoms with E-state index in [1.807, 2.05) is 19.1 Å². The molecule has 0 bridgehead atoms. The lowest BCUT2D eigenvalue weighted by Crippen LogP contribution is -2.45. The lowest BCUT2D eigenvalue weighted by Gasteiger charge is -2.22. The summed E-state index contributed by atoms with van der Waals surface area (Å²) in [6, 6.07) is 7.79. The van der Waals surface area contributed by atoms with Crippen molar-refractivity contribution in [3.8, 4) is 6.07 Å². The molecular formula is C14H15BrN2O. The van der Waals surface area contributed by atoms with Crippen LogP contribution in [0.1, 0.15) is 41.6 Å². The molecule has 1 aromatic rings. The zero-order valence-electron chi connectivity index (χ0n) is 10.3. The average Bonchev–Trinajstić information content (AvgIpc) is 2.81. The SMILES string of the molecule is Cc1c(Br)cccc1C(=O)NC1(C#N)CCCC1. The highest BCUT2D eigenvalue weighted by atomic mass is 79.9. The molecule has 0 heterocycles. The van der Waals surface area contributed by atoms with Crippen LogP contribution in [-0.4, -0.2) is 11.4 Å². The van der Waals surface area contributed by atoms with E-state index in [-0.39, 0.29) is 5.91 Å². The fourth-order valence-electron chi connectivity index (χ4n) is 2.38. The monoisotopic (exact) mass is 306 g/mol. The Morgan fingerprint density at radius 3 is 2.72 bits per heavy atom. The molecule has 0 unspecified atom stereocenters. The second-order valence-corrected chi connectivity index (χ2v) is 5.62. The van der Waals surface area contributed by atoms with Gasteiger partial charge in [0.1, 0.15) is 5.54 Å². The molecule has 4 heteroatoms. The first-order valence-electron chi connectivity index (χ1n) is 6.07. The number of amides is 1. The summed E-state index contributed by atoms with van der Waals surface area (Å²) in [5.41, 5.74) is 0.873. The van der Waals surface area contributed by atoms with Crippen molar-refractivity contribution in [1.29, 1.82) is 5.26 Å². The molecular weight excluding hydrogens is 292 g/mol. The van der Waals surface area contributed by atoms with Crippen molar-refractivity contribution in [2.75, 3.05) is 0 Å². The number of nitrogens with one attached hydrogen (secondary N) is 1. The molecule has 0 aliphatic heterocycles. The summed E-state index contributed by atoms with van der Waals surface area (Å²) in [6.07, 6.45) is 3.52. The molecule has 1 aliphatic carbocycles. The Kier molecular flexibility index (Phi) is 3.72. The molecule has 0 radical (unpaired) electrons. The highest BCUT2D eigenvalue weighted by Gasteiger charge is 2.35. The molecule has 1 fully saturated rings. The lowest BCUT2D eigenvalue weighted by atomic mass is 9.98. The Hall–Kier alpha value is -1.34. The van der Waals surface area contributed by atoms with Gasteiger partial charge in [0, 0.05) is 10.0 Å². The number of rotatable bonds is 2. The van der Waals surface area contributed by atoms with E-state index in [2.05, 4.69) is 27.3 Å². The lowest BCUT2D eigenvalue weighted by molar-refractivity contribution is 0.0920. The third kappa shape index (κ3) is 2.41. The quantitative estimate of drug-likeness (QED) is 0.911. The third-order valence-corrected chi connectivity index (χ3v) is 4.40. The number of hydrogen-bond donors (Lipinski definition) is 1. The van der Waals surface area contributed by atoms with Gasteiger partial charge in [-0.1, -0.05) is 22.0 Å². The highest BCUT2D eigenvalue weighted by Crippen LogP contribution is 2.29. The van der Waals surface area contributed by atoms with E-state index in [9.17, 15) is 10.1 Å². The average molecular weight is 307 g/mol. The standard InChI is InChI=1S/C14H15BrN2O/c1-10-11(5-4-6-12(10)15)13(18)17-14(9-16)7-2-3-8-14/h4-6H,2-3,7-8H2,1H3,(H,17,18). The van der Waals surface area contributed by atoms with Crippen molar-refractivity contribution < 1.29 is 4.79 Å². The number of benzene rings is 1. The van der Waals surface area contributed by atoms with Crippen LogP contribution in [0, 0.1) is 18.3 Å². The van der Waals surface area contributed by atoms with Crippen molar-refractivity contribution in [2.24, 2.45) is 0 Å². The van der Waals surface area contributed by atoms with Crippen LogP contribution in [0.2, 0.25) is 0 Å². The molecule has 1 aromatic carbocycles. The number of halogens is 1. The number of nitrogens with zero attached hydrogens (tertiary/aromatic N) is 1. The Labute approximate surface area is 115 Å². The molecule has 1 amide bonds. The van der Waals surface area contributed by atoms with Crippen LogP contribution in [0.25, 0.3) is 0 Å². The fraction of sp³-hybridized carbons (Fsp3) is 0.429. The third-order valence-electron chi connectivity index (χ3n) is 3.54. The van der Waals surface area contributed by atoms with Crippen LogP contribution in [-0.2, 0) is 0 Å². The second kappa shape index (κ2) is 5.11. The van der Waals surface area contributed by atoms with Crippen LogP contribution in [0.5, 0.6) is 0 Å². The van der Waals surface area contributed by atoms with Gasteiger partial charge in [-0.25, -0.2) is 0 Å². The van der Waals surface area contributed by atoms with Gasteiger partial charge in [0.25, 0.3) is 5.91 Å². The molecule has 0 saturated heterocycles. The van der Waals surface area contributed by atoms with Crippen molar-refractivity contribution in [2.45, 2.75) is 38.1 Å². The first-order chi connectivity index (χ1) is 8.58. The van der Waals surface area contributed by atoms with Crippen molar-refractivity contribution in [3.05, 3.63) is 33.8 Å². The summed E-state index contributed by atoms with van der Waals surface area (Å²) in [5.74, 6) is -0.155. The Morgan fingerprint density at radius 1 is 1.44 bits per heavy atom. The Bertz CT molecular complexity index is 513. The maximum Gasteiger partial charge on any atom is 0.252 e. The summed E-state index contributed by atoms with van der Waals surface area (Å²) < 4.78 is 0.910. The summed E-state index contributed by atoms with van der Waals surface area (Å²) in [5, 5.41) is 12.2. The molecule has 18 heavy (non-hydrogen) atoms. The van der Waals surface area contributed by atoms with Crippen molar-refractivity contribution in [1.82, 2.24) is 5.32 Å². The van der Waals surface area contributed by atoms with E-state index < -0.39 is 5.54 Å². The summed E-state index contributed by atoms with van der Waals surface area (Å²) in [6.45, 7) is 1.90. The minimum absolute atomic E-state index is 0.155. The zero-order valence-corrected chi connectivity index (χ0v) is 11.9. The smallest absolute Gasteiger partial charge is 0.252 e. The maximum atomic E-state index is 12.3. The minimum atomic E-state index is -0.661. The van der Waals surface area contributed by atoms with E-state index in [4.69, 9.17) is 0 Å². The van der Waals surface area contributed by atoms with Gasteiger partial charge in [0.05, 0.1) is 6.07 Å². The topological polar surface area (TPSA) is 52.9 Å². The van der Waals surface area contributed by atoms with E-state index in [1.54, 1.807) is 6.07 Å². The summed E-state index contributed by atoms with van der Waals surface area (Å²) in [4.78, 5) is 12.3. The number of hydrogen-bond acceptors (Lipinski definition) is 2. The van der Waals surface area contributed by atoms with Crippen LogP contribution in [0.15, 0.2) is 22.7 Å². The van der Waals surface area contributed by atoms with Crippen LogP contribution in [0.4, 0.5) is 0 Å². The van der Waals surface area contributed by atoms with Crippen molar-refractivity contribution in [3.63, 3.8) is 0 Å². The van der Waals surface area contributed by atoms with Gasteiger partial charge in [-0.2, -0.15) is 5.26 Å². The van der Waals surface area contributed by atoms with E-state index in [0.717, 1.165) is 35.7 Å². The summed E-state index contributed by atoms with van der Waals surface area (Å²) >= 11 is 3.41. The molecule has 0 atom stereocenters. The van der Waals surface area contributed by atoms with Gasteiger partial charge in [-0.3, -0.25) is 4.79 Å². The highest BCUT2D eigenvalue weighted by molar-refractivity contribution is 9.10. The van der Waals surface area contributed by atoms with Crippen LogP contribution in [0.3, 0.4) is 0 Å². The second-order valence-electron chi connectivity index (χ2n) is 4.77. The van der Waals surface area contributed by atoms with Gasteiger partial charge in [-0.15, -0.1) is 0 Å². The van der Waals surface area contributed by atoms with Gasteiger partial charge >= 0.3 is 0 Å². The minimum Gasteiger partial charge on any atom is -0.334 e. The number of carbonyl (C=O) groups is 1. The molecule has 0 aromatic heterocycles. The van der Waals surface area contributed by atoms with Gasteiger partial charge in [-0.05, 0) is 50.3 Å². The maximum absolute atomic E-state index is 12.3. The Morgan fingerprint density at radius 2 is 2.11 bits per heavy atom. The predicted octanol–water partition coefficient (Wildman–Crippen LogP) is 3.32. The molecule has 1 aliphatic rings. The predicted molar refractivity (Wildman–Crippen MR) is 73.2 cm³/mol. The van der Waals surface area contributed by atoms with Crippen molar-refractivity contribution >= 4 is 21.8 Å². The number of carbonyl (C=O) groups excluding carboxylic acids is 1. The molecule has 0 spiro atoms.